The molecule has 2 heterocycles. The SMILES string of the molecule is O=C(C1CCc2[nH]c3ccc(F)cc3c2C1)N1CCc2ccccc21. The first kappa shape index (κ1) is 14.7. The fourth-order valence-corrected chi connectivity index (χ4v) is 4.39. The topological polar surface area (TPSA) is 36.1 Å². The van der Waals surface area contributed by atoms with E-state index in [4.69, 9.17) is 0 Å². The average Bonchev–Trinajstić information content (AvgIpc) is 3.22. The number of rotatable bonds is 1. The summed E-state index contributed by atoms with van der Waals surface area (Å²) in [7, 11) is 0. The van der Waals surface area contributed by atoms with Crippen LogP contribution in [0.2, 0.25) is 0 Å². The van der Waals surface area contributed by atoms with Crippen molar-refractivity contribution in [2.75, 3.05) is 11.4 Å². The van der Waals surface area contributed by atoms with Gasteiger partial charge in [-0.05, 0) is 61.1 Å². The Morgan fingerprint density at radius 1 is 1.16 bits per heavy atom. The summed E-state index contributed by atoms with van der Waals surface area (Å²) in [6.07, 6.45) is 3.31. The largest absolute Gasteiger partial charge is 0.358 e. The molecule has 1 aromatic heterocycles. The number of carbonyl (C=O) groups is 1. The van der Waals surface area contributed by atoms with Crippen molar-refractivity contribution < 1.29 is 9.18 Å². The van der Waals surface area contributed by atoms with Gasteiger partial charge in [0.1, 0.15) is 5.82 Å². The van der Waals surface area contributed by atoms with E-state index in [0.717, 1.165) is 53.7 Å². The zero-order valence-electron chi connectivity index (χ0n) is 13.9. The molecule has 25 heavy (non-hydrogen) atoms. The van der Waals surface area contributed by atoms with Crippen LogP contribution in [0.25, 0.3) is 10.9 Å². The molecular weight excluding hydrogens is 315 g/mol. The minimum atomic E-state index is -0.226. The Hall–Kier alpha value is -2.62. The van der Waals surface area contributed by atoms with E-state index in [1.807, 2.05) is 23.1 Å². The molecule has 1 aliphatic carbocycles. The summed E-state index contributed by atoms with van der Waals surface area (Å²) >= 11 is 0. The number of H-pyrrole nitrogens is 1. The van der Waals surface area contributed by atoms with Gasteiger partial charge in [-0.2, -0.15) is 0 Å². The van der Waals surface area contributed by atoms with Gasteiger partial charge in [-0.1, -0.05) is 18.2 Å². The molecule has 5 rings (SSSR count). The number of hydrogen-bond acceptors (Lipinski definition) is 1. The lowest BCUT2D eigenvalue weighted by Crippen LogP contribution is -2.37. The molecule has 0 radical (unpaired) electrons. The second-order valence-electron chi connectivity index (χ2n) is 7.08. The van der Waals surface area contributed by atoms with E-state index in [9.17, 15) is 9.18 Å². The van der Waals surface area contributed by atoms with Crippen molar-refractivity contribution in [3.8, 4) is 0 Å². The maximum atomic E-state index is 13.7. The number of amides is 1. The third kappa shape index (κ3) is 2.28. The molecule has 1 N–H and O–H groups in total. The van der Waals surface area contributed by atoms with Gasteiger partial charge >= 0.3 is 0 Å². The maximum Gasteiger partial charge on any atom is 0.230 e. The van der Waals surface area contributed by atoms with Crippen molar-refractivity contribution in [3.63, 3.8) is 0 Å². The van der Waals surface area contributed by atoms with Gasteiger partial charge in [-0.25, -0.2) is 4.39 Å². The van der Waals surface area contributed by atoms with Gasteiger partial charge in [-0.3, -0.25) is 4.79 Å². The van der Waals surface area contributed by atoms with Crippen LogP contribution in [0, 0.1) is 11.7 Å². The van der Waals surface area contributed by atoms with Gasteiger partial charge in [0.15, 0.2) is 0 Å². The molecule has 2 aliphatic rings. The summed E-state index contributed by atoms with van der Waals surface area (Å²) in [5, 5.41) is 0.925. The van der Waals surface area contributed by atoms with E-state index in [-0.39, 0.29) is 17.6 Å². The van der Waals surface area contributed by atoms with Crippen LogP contribution in [-0.2, 0) is 24.1 Å². The summed E-state index contributed by atoms with van der Waals surface area (Å²) in [6, 6.07) is 13.0. The summed E-state index contributed by atoms with van der Waals surface area (Å²) in [5.74, 6) is -0.0431. The number of aromatic amines is 1. The van der Waals surface area contributed by atoms with Crippen molar-refractivity contribution in [1.29, 1.82) is 0 Å². The standard InChI is InChI=1S/C21H19FN2O/c22-15-6-8-19-17(12-15)16-11-14(5-7-18(16)23-19)21(25)24-10-9-13-3-1-2-4-20(13)24/h1-4,6,8,12,14,23H,5,7,9-11H2. The van der Waals surface area contributed by atoms with Crippen LogP contribution in [0.5, 0.6) is 0 Å². The number of hydrogen-bond donors (Lipinski definition) is 1. The molecule has 1 aliphatic heterocycles. The second kappa shape index (κ2) is 5.45. The number of fused-ring (bicyclic) bond motifs is 4. The van der Waals surface area contributed by atoms with Gasteiger partial charge in [-0.15, -0.1) is 0 Å². The molecule has 0 saturated heterocycles. The van der Waals surface area contributed by atoms with E-state index in [2.05, 4.69) is 11.1 Å². The Kier molecular flexibility index (Phi) is 3.20. The molecule has 2 aromatic carbocycles. The molecule has 4 heteroatoms. The van der Waals surface area contributed by atoms with Crippen LogP contribution < -0.4 is 4.90 Å². The molecule has 0 bridgehead atoms. The molecule has 1 unspecified atom stereocenters. The van der Waals surface area contributed by atoms with Gasteiger partial charge in [0.2, 0.25) is 5.91 Å². The number of aromatic nitrogens is 1. The summed E-state index contributed by atoms with van der Waals surface area (Å²) in [4.78, 5) is 18.5. The van der Waals surface area contributed by atoms with Crippen LogP contribution in [0.3, 0.4) is 0 Å². The molecule has 3 nitrogen and oxygen atoms in total. The van der Waals surface area contributed by atoms with E-state index >= 15 is 0 Å². The molecule has 1 amide bonds. The quantitative estimate of drug-likeness (QED) is 0.717. The highest BCUT2D eigenvalue weighted by Gasteiger charge is 2.33. The van der Waals surface area contributed by atoms with E-state index < -0.39 is 0 Å². The monoisotopic (exact) mass is 334 g/mol. The number of aryl methyl sites for hydroxylation is 1. The highest BCUT2D eigenvalue weighted by atomic mass is 19.1. The number of benzene rings is 2. The molecule has 0 fully saturated rings. The third-order valence-electron chi connectivity index (χ3n) is 5.65. The number of nitrogens with one attached hydrogen (secondary N) is 1. The fraction of sp³-hybridized carbons (Fsp3) is 0.286. The minimum Gasteiger partial charge on any atom is -0.358 e. The van der Waals surface area contributed by atoms with Crippen molar-refractivity contribution in [2.24, 2.45) is 5.92 Å². The lowest BCUT2D eigenvalue weighted by molar-refractivity contribution is -0.122. The van der Waals surface area contributed by atoms with Crippen LogP contribution in [0.1, 0.15) is 23.2 Å². The predicted molar refractivity (Wildman–Crippen MR) is 96.3 cm³/mol. The number of carbonyl (C=O) groups excluding carboxylic acids is 1. The van der Waals surface area contributed by atoms with Crippen LogP contribution in [0.15, 0.2) is 42.5 Å². The van der Waals surface area contributed by atoms with Crippen LogP contribution in [-0.4, -0.2) is 17.4 Å². The fourth-order valence-electron chi connectivity index (χ4n) is 4.39. The highest BCUT2D eigenvalue weighted by Crippen LogP contribution is 2.35. The number of halogens is 1. The number of nitrogens with zero attached hydrogens (tertiary/aromatic N) is 1. The first-order chi connectivity index (χ1) is 12.2. The second-order valence-corrected chi connectivity index (χ2v) is 7.08. The first-order valence-electron chi connectivity index (χ1n) is 8.89. The number of para-hydroxylation sites is 1. The van der Waals surface area contributed by atoms with Crippen molar-refractivity contribution >= 4 is 22.5 Å². The van der Waals surface area contributed by atoms with Crippen molar-refractivity contribution in [1.82, 2.24) is 4.98 Å². The lowest BCUT2D eigenvalue weighted by Gasteiger charge is -2.27. The highest BCUT2D eigenvalue weighted by molar-refractivity contribution is 5.98. The van der Waals surface area contributed by atoms with Crippen LogP contribution in [0.4, 0.5) is 10.1 Å². The Balaban J connectivity index is 1.47. The minimum absolute atomic E-state index is 0.0269. The first-order valence-corrected chi connectivity index (χ1v) is 8.89. The van der Waals surface area contributed by atoms with Crippen molar-refractivity contribution in [3.05, 3.63) is 65.1 Å². The summed E-state index contributed by atoms with van der Waals surface area (Å²) < 4.78 is 13.7. The normalized spacial score (nSPS) is 19.1. The molecule has 1 atom stereocenters. The van der Waals surface area contributed by atoms with E-state index in [1.165, 1.54) is 11.6 Å². The van der Waals surface area contributed by atoms with Crippen LogP contribution >= 0.6 is 0 Å². The van der Waals surface area contributed by atoms with E-state index in [1.54, 1.807) is 12.1 Å². The third-order valence-corrected chi connectivity index (χ3v) is 5.65. The molecule has 3 aromatic rings. The van der Waals surface area contributed by atoms with Gasteiger partial charge in [0.05, 0.1) is 0 Å². The van der Waals surface area contributed by atoms with Gasteiger partial charge in [0.25, 0.3) is 0 Å². The van der Waals surface area contributed by atoms with E-state index in [0.29, 0.717) is 6.42 Å². The number of anilines is 1. The van der Waals surface area contributed by atoms with Gasteiger partial charge < -0.3 is 9.88 Å². The zero-order valence-corrected chi connectivity index (χ0v) is 13.9. The molecule has 0 saturated carbocycles. The lowest BCUT2D eigenvalue weighted by atomic mass is 9.85. The molecule has 0 spiro atoms. The average molecular weight is 334 g/mol. The Morgan fingerprint density at radius 2 is 2.04 bits per heavy atom. The van der Waals surface area contributed by atoms with Crippen molar-refractivity contribution in [2.45, 2.75) is 25.7 Å². The molecular formula is C21H19FN2O. The summed E-state index contributed by atoms with van der Waals surface area (Å²) in [6.45, 7) is 0.768. The maximum absolute atomic E-state index is 13.7. The summed E-state index contributed by atoms with van der Waals surface area (Å²) in [5.41, 5.74) is 5.55. The Labute approximate surface area is 145 Å². The Bertz CT molecular complexity index is 991. The predicted octanol–water partition coefficient (Wildman–Crippen LogP) is 4.00. The Morgan fingerprint density at radius 3 is 2.96 bits per heavy atom. The van der Waals surface area contributed by atoms with Gasteiger partial charge in [0, 0.05) is 34.7 Å². The zero-order chi connectivity index (χ0) is 17.0. The smallest absolute Gasteiger partial charge is 0.230 e. The molecule has 126 valence electrons.